The summed E-state index contributed by atoms with van der Waals surface area (Å²) in [7, 11) is 0. The molecule has 1 heterocycles. The van der Waals surface area contributed by atoms with Crippen LogP contribution < -0.4 is 5.32 Å². The topological polar surface area (TPSA) is 12.0 Å². The van der Waals surface area contributed by atoms with E-state index >= 15 is 0 Å². The standard InChI is InChI=1S/C12H15N/c1-2-5-10-9(4-1)8-12-11(10)6-3-7-13-12/h1-2,4-5,11-13H,3,6-8H2/t11-,12+/m0/s1. The van der Waals surface area contributed by atoms with Crippen molar-refractivity contribution in [3.8, 4) is 0 Å². The van der Waals surface area contributed by atoms with Gasteiger partial charge in [-0.25, -0.2) is 0 Å². The van der Waals surface area contributed by atoms with Crippen LogP contribution in [0, 0.1) is 0 Å². The van der Waals surface area contributed by atoms with Gasteiger partial charge in [0.2, 0.25) is 0 Å². The van der Waals surface area contributed by atoms with Crippen LogP contribution in [0.1, 0.15) is 29.9 Å². The van der Waals surface area contributed by atoms with Gasteiger partial charge in [-0.2, -0.15) is 0 Å². The Labute approximate surface area is 79.2 Å². The lowest BCUT2D eigenvalue weighted by atomic mass is 9.90. The number of hydrogen-bond donors (Lipinski definition) is 1. The third kappa shape index (κ3) is 1.11. The predicted octanol–water partition coefficient (Wildman–Crippen LogP) is 2.08. The number of hydrogen-bond acceptors (Lipinski definition) is 1. The van der Waals surface area contributed by atoms with Gasteiger partial charge in [0.05, 0.1) is 0 Å². The smallest absolute Gasteiger partial charge is 0.0176 e. The molecule has 0 amide bonds. The molecule has 1 aliphatic heterocycles. The minimum Gasteiger partial charge on any atom is -0.313 e. The molecule has 0 bridgehead atoms. The van der Waals surface area contributed by atoms with Crippen molar-refractivity contribution in [1.82, 2.24) is 5.32 Å². The molecule has 1 heteroatoms. The zero-order chi connectivity index (χ0) is 8.67. The average molecular weight is 173 g/mol. The van der Waals surface area contributed by atoms with Gasteiger partial charge in [-0.05, 0) is 42.9 Å². The van der Waals surface area contributed by atoms with Crippen molar-refractivity contribution in [1.29, 1.82) is 0 Å². The van der Waals surface area contributed by atoms with Gasteiger partial charge in [-0.15, -0.1) is 0 Å². The van der Waals surface area contributed by atoms with Gasteiger partial charge in [0.25, 0.3) is 0 Å². The van der Waals surface area contributed by atoms with Crippen molar-refractivity contribution in [3.63, 3.8) is 0 Å². The summed E-state index contributed by atoms with van der Waals surface area (Å²) >= 11 is 0. The molecule has 3 rings (SSSR count). The maximum absolute atomic E-state index is 3.63. The molecular weight excluding hydrogens is 158 g/mol. The first-order valence-corrected chi connectivity index (χ1v) is 5.26. The molecule has 1 aromatic carbocycles. The fourth-order valence-corrected chi connectivity index (χ4v) is 2.86. The molecule has 0 radical (unpaired) electrons. The molecule has 1 nitrogen and oxygen atoms in total. The van der Waals surface area contributed by atoms with Gasteiger partial charge in [0.15, 0.2) is 0 Å². The number of rotatable bonds is 0. The monoisotopic (exact) mass is 173 g/mol. The van der Waals surface area contributed by atoms with Gasteiger partial charge in [-0.3, -0.25) is 0 Å². The quantitative estimate of drug-likeness (QED) is 0.633. The molecule has 1 aliphatic carbocycles. The predicted molar refractivity (Wildman–Crippen MR) is 53.9 cm³/mol. The highest BCUT2D eigenvalue weighted by atomic mass is 14.9. The van der Waals surface area contributed by atoms with Crippen molar-refractivity contribution in [2.75, 3.05) is 6.54 Å². The van der Waals surface area contributed by atoms with Gasteiger partial charge in [-0.1, -0.05) is 24.3 Å². The Bertz CT molecular complexity index is 319. The first-order valence-electron chi connectivity index (χ1n) is 5.26. The Morgan fingerprint density at radius 3 is 3.15 bits per heavy atom. The van der Waals surface area contributed by atoms with E-state index < -0.39 is 0 Å². The minimum atomic E-state index is 0.742. The molecule has 2 aliphatic rings. The summed E-state index contributed by atoms with van der Waals surface area (Å²) in [6, 6.07) is 9.68. The first kappa shape index (κ1) is 7.57. The van der Waals surface area contributed by atoms with E-state index in [1.807, 2.05) is 0 Å². The zero-order valence-electron chi connectivity index (χ0n) is 7.79. The highest BCUT2D eigenvalue weighted by Gasteiger charge is 2.33. The summed E-state index contributed by atoms with van der Waals surface area (Å²) in [4.78, 5) is 0. The lowest BCUT2D eigenvalue weighted by molar-refractivity contribution is 0.372. The third-order valence-corrected chi connectivity index (χ3v) is 3.48. The summed E-state index contributed by atoms with van der Waals surface area (Å²) in [5.41, 5.74) is 3.19. The van der Waals surface area contributed by atoms with Crippen LogP contribution in [0.15, 0.2) is 24.3 Å². The highest BCUT2D eigenvalue weighted by Crippen LogP contribution is 2.37. The minimum absolute atomic E-state index is 0.742. The number of nitrogens with one attached hydrogen (secondary N) is 1. The van der Waals surface area contributed by atoms with E-state index in [4.69, 9.17) is 0 Å². The molecule has 0 aromatic heterocycles. The number of benzene rings is 1. The summed E-state index contributed by atoms with van der Waals surface area (Å²) in [5, 5.41) is 3.63. The molecular formula is C12H15N. The fraction of sp³-hybridized carbons (Fsp3) is 0.500. The van der Waals surface area contributed by atoms with Gasteiger partial charge >= 0.3 is 0 Å². The van der Waals surface area contributed by atoms with Crippen LogP contribution in [-0.4, -0.2) is 12.6 Å². The average Bonchev–Trinajstić information content (AvgIpc) is 2.56. The molecule has 1 saturated heterocycles. The van der Waals surface area contributed by atoms with Gasteiger partial charge in [0.1, 0.15) is 0 Å². The van der Waals surface area contributed by atoms with E-state index in [1.54, 1.807) is 11.1 Å². The second-order valence-electron chi connectivity index (χ2n) is 4.21. The third-order valence-electron chi connectivity index (χ3n) is 3.48. The SMILES string of the molecule is c1ccc2c(c1)C[C@H]1NCCC[C@@H]21. The molecule has 0 unspecified atom stereocenters. The van der Waals surface area contributed by atoms with Gasteiger partial charge in [0, 0.05) is 6.04 Å². The lowest BCUT2D eigenvalue weighted by Crippen LogP contribution is -2.37. The van der Waals surface area contributed by atoms with E-state index in [9.17, 15) is 0 Å². The van der Waals surface area contributed by atoms with Crippen LogP contribution in [0.3, 0.4) is 0 Å². The molecule has 2 atom stereocenters. The summed E-state index contributed by atoms with van der Waals surface area (Å²) in [5.74, 6) is 0.810. The molecule has 68 valence electrons. The lowest BCUT2D eigenvalue weighted by Gasteiger charge is -2.26. The fourth-order valence-electron chi connectivity index (χ4n) is 2.86. The van der Waals surface area contributed by atoms with Crippen LogP contribution in [0.5, 0.6) is 0 Å². The highest BCUT2D eigenvalue weighted by molar-refractivity contribution is 5.38. The van der Waals surface area contributed by atoms with Crippen molar-refractivity contribution in [2.24, 2.45) is 0 Å². The molecule has 0 spiro atoms. The molecule has 13 heavy (non-hydrogen) atoms. The molecule has 0 saturated carbocycles. The Hall–Kier alpha value is -0.820. The van der Waals surface area contributed by atoms with E-state index in [2.05, 4.69) is 29.6 Å². The second-order valence-corrected chi connectivity index (χ2v) is 4.21. The number of fused-ring (bicyclic) bond motifs is 3. The molecule has 1 aromatic rings. The van der Waals surface area contributed by atoms with E-state index in [0.29, 0.717) is 0 Å². The maximum atomic E-state index is 3.63. The van der Waals surface area contributed by atoms with E-state index in [1.165, 1.54) is 25.8 Å². The van der Waals surface area contributed by atoms with E-state index in [0.717, 1.165) is 12.0 Å². The van der Waals surface area contributed by atoms with E-state index in [-0.39, 0.29) is 0 Å². The Balaban J connectivity index is 2.01. The van der Waals surface area contributed by atoms with Crippen molar-refractivity contribution >= 4 is 0 Å². The summed E-state index contributed by atoms with van der Waals surface area (Å²) in [6.45, 7) is 1.22. The molecule has 1 N–H and O–H groups in total. The van der Waals surface area contributed by atoms with Crippen molar-refractivity contribution in [3.05, 3.63) is 35.4 Å². The number of piperidine rings is 1. The second kappa shape index (κ2) is 2.85. The van der Waals surface area contributed by atoms with Crippen LogP contribution in [0.2, 0.25) is 0 Å². The van der Waals surface area contributed by atoms with Crippen LogP contribution in [0.4, 0.5) is 0 Å². The normalized spacial score (nSPS) is 31.1. The summed E-state index contributed by atoms with van der Waals surface area (Å²) < 4.78 is 0. The zero-order valence-corrected chi connectivity index (χ0v) is 7.79. The summed E-state index contributed by atoms with van der Waals surface area (Å²) in [6.07, 6.45) is 3.98. The first-order chi connectivity index (χ1) is 6.45. The van der Waals surface area contributed by atoms with Crippen LogP contribution in [0.25, 0.3) is 0 Å². The van der Waals surface area contributed by atoms with Crippen LogP contribution >= 0.6 is 0 Å². The van der Waals surface area contributed by atoms with Crippen molar-refractivity contribution < 1.29 is 0 Å². The van der Waals surface area contributed by atoms with Crippen molar-refractivity contribution in [2.45, 2.75) is 31.2 Å². The van der Waals surface area contributed by atoms with Gasteiger partial charge < -0.3 is 5.32 Å². The largest absolute Gasteiger partial charge is 0.313 e. The molecule has 1 fully saturated rings. The maximum Gasteiger partial charge on any atom is 0.0176 e. The Morgan fingerprint density at radius 1 is 1.23 bits per heavy atom. The van der Waals surface area contributed by atoms with Crippen LogP contribution in [-0.2, 0) is 6.42 Å². The Morgan fingerprint density at radius 2 is 2.15 bits per heavy atom. The Kier molecular flexibility index (Phi) is 1.66.